The predicted octanol–water partition coefficient (Wildman–Crippen LogP) is -2.95. The molecule has 0 aromatic heterocycles. The van der Waals surface area contributed by atoms with Gasteiger partial charge in [-0.2, -0.15) is 0 Å². The number of imide groups is 2. The molecule has 2 atom stereocenters. The van der Waals surface area contributed by atoms with Crippen LogP contribution in [0.3, 0.4) is 0 Å². The standard InChI is InChI=1S/C12H12N4O8/c17-7(23-3-5-9(19)15-11(21)13-5)1-2-8(18)24-4-6-10(20)16-12(22)14-6/h1-2,5-6H,3-4H2,(H2,13,15,19,21)(H2,14,16,20,22)/b2-1+/t5-,6-/m0/s1. The SMILES string of the molecule is O=C1NC(=O)[C@H](COC(=O)/C=C/C(=O)OC[C@@H]2NC(=O)NC2=O)N1. The van der Waals surface area contributed by atoms with Crippen molar-refractivity contribution in [2.75, 3.05) is 13.2 Å². The van der Waals surface area contributed by atoms with Gasteiger partial charge in [-0.05, 0) is 0 Å². The molecule has 4 N–H and O–H groups in total. The molecule has 2 heterocycles. The van der Waals surface area contributed by atoms with E-state index >= 15 is 0 Å². The third-order valence-electron chi connectivity index (χ3n) is 2.86. The van der Waals surface area contributed by atoms with Crippen LogP contribution >= 0.6 is 0 Å². The maximum absolute atomic E-state index is 11.4. The lowest BCUT2D eigenvalue weighted by Crippen LogP contribution is -2.34. The zero-order chi connectivity index (χ0) is 17.7. The van der Waals surface area contributed by atoms with E-state index < -0.39 is 61.1 Å². The molecule has 0 aliphatic carbocycles. The van der Waals surface area contributed by atoms with Gasteiger partial charge in [-0.15, -0.1) is 0 Å². The Morgan fingerprint density at radius 1 is 0.792 bits per heavy atom. The van der Waals surface area contributed by atoms with Gasteiger partial charge >= 0.3 is 24.0 Å². The van der Waals surface area contributed by atoms with E-state index in [1.54, 1.807) is 0 Å². The molecule has 0 saturated carbocycles. The number of rotatable bonds is 6. The molecule has 0 spiro atoms. The Balaban J connectivity index is 1.68. The van der Waals surface area contributed by atoms with Crippen LogP contribution in [-0.4, -0.2) is 61.1 Å². The van der Waals surface area contributed by atoms with Gasteiger partial charge in [0.1, 0.15) is 25.3 Å². The molecule has 12 heteroatoms. The molecule has 0 unspecified atom stereocenters. The summed E-state index contributed by atoms with van der Waals surface area (Å²) in [6, 6.07) is -3.37. The summed E-state index contributed by atoms with van der Waals surface area (Å²) in [5.74, 6) is -3.14. The largest absolute Gasteiger partial charge is 0.460 e. The number of carbonyl (C=O) groups is 6. The van der Waals surface area contributed by atoms with Gasteiger partial charge in [0.2, 0.25) is 0 Å². The summed E-state index contributed by atoms with van der Waals surface area (Å²) in [5, 5.41) is 8.35. The Hall–Kier alpha value is -3.44. The van der Waals surface area contributed by atoms with Crippen molar-refractivity contribution in [1.82, 2.24) is 21.3 Å². The second-order valence-electron chi connectivity index (χ2n) is 4.62. The van der Waals surface area contributed by atoms with E-state index in [9.17, 15) is 28.8 Å². The van der Waals surface area contributed by atoms with E-state index in [0.717, 1.165) is 12.2 Å². The number of amides is 6. The lowest BCUT2D eigenvalue weighted by molar-refractivity contribution is -0.142. The van der Waals surface area contributed by atoms with Gasteiger partial charge in [0.15, 0.2) is 0 Å². The molecule has 0 bridgehead atoms. The third kappa shape index (κ3) is 4.53. The Morgan fingerprint density at radius 2 is 1.17 bits per heavy atom. The van der Waals surface area contributed by atoms with Gasteiger partial charge in [0, 0.05) is 12.2 Å². The minimum atomic E-state index is -0.994. The number of esters is 2. The van der Waals surface area contributed by atoms with Gasteiger partial charge in [0.25, 0.3) is 11.8 Å². The summed E-state index contributed by atoms with van der Waals surface area (Å²) >= 11 is 0. The minimum absolute atomic E-state index is 0.399. The zero-order valence-corrected chi connectivity index (χ0v) is 12.0. The number of ether oxygens (including phenoxy) is 2. The van der Waals surface area contributed by atoms with Gasteiger partial charge in [-0.25, -0.2) is 19.2 Å². The van der Waals surface area contributed by atoms with E-state index in [0.29, 0.717) is 0 Å². The fourth-order valence-corrected chi connectivity index (χ4v) is 1.72. The number of nitrogens with one attached hydrogen (secondary N) is 4. The summed E-state index contributed by atoms with van der Waals surface area (Å²) in [4.78, 5) is 66.8. The highest BCUT2D eigenvalue weighted by Gasteiger charge is 2.31. The topological polar surface area (TPSA) is 169 Å². The molecular weight excluding hydrogens is 328 g/mol. The summed E-state index contributed by atoms with van der Waals surface area (Å²) in [7, 11) is 0. The van der Waals surface area contributed by atoms with Crippen LogP contribution in [-0.2, 0) is 28.7 Å². The Bertz CT molecular complexity index is 589. The molecule has 0 aromatic carbocycles. The van der Waals surface area contributed by atoms with Crippen LogP contribution in [0, 0.1) is 0 Å². The van der Waals surface area contributed by atoms with Crippen LogP contribution in [0.25, 0.3) is 0 Å². The first-order chi connectivity index (χ1) is 11.3. The predicted molar refractivity (Wildman–Crippen MR) is 72.0 cm³/mol. The first-order valence-electron chi connectivity index (χ1n) is 6.59. The van der Waals surface area contributed by atoms with Crippen molar-refractivity contribution < 1.29 is 38.2 Å². The quantitative estimate of drug-likeness (QED) is 0.226. The highest BCUT2D eigenvalue weighted by Crippen LogP contribution is 1.97. The van der Waals surface area contributed by atoms with Crippen LogP contribution < -0.4 is 21.3 Å². The van der Waals surface area contributed by atoms with Crippen LogP contribution in [0.2, 0.25) is 0 Å². The molecule has 2 fully saturated rings. The van der Waals surface area contributed by atoms with Crippen molar-refractivity contribution in [3.05, 3.63) is 12.2 Å². The van der Waals surface area contributed by atoms with Crippen molar-refractivity contribution in [3.8, 4) is 0 Å². The molecule has 0 aromatic rings. The molecule has 0 radical (unpaired) electrons. The maximum Gasteiger partial charge on any atom is 0.331 e. The number of hydrogen-bond donors (Lipinski definition) is 4. The van der Waals surface area contributed by atoms with Gasteiger partial charge < -0.3 is 20.1 Å². The smallest absolute Gasteiger partial charge is 0.331 e. The first-order valence-corrected chi connectivity index (χ1v) is 6.59. The summed E-state index contributed by atoms with van der Waals surface area (Å²) in [5.41, 5.74) is 0. The second-order valence-corrected chi connectivity index (χ2v) is 4.62. The van der Waals surface area contributed by atoms with Crippen molar-refractivity contribution >= 4 is 35.8 Å². The average molecular weight is 340 g/mol. The van der Waals surface area contributed by atoms with Gasteiger partial charge in [0.05, 0.1) is 0 Å². The van der Waals surface area contributed by atoms with Crippen LogP contribution in [0.1, 0.15) is 0 Å². The molecule has 2 aliphatic rings. The van der Waals surface area contributed by atoms with Crippen LogP contribution in [0.4, 0.5) is 9.59 Å². The van der Waals surface area contributed by atoms with E-state index in [1.807, 2.05) is 10.6 Å². The van der Waals surface area contributed by atoms with Gasteiger partial charge in [-0.3, -0.25) is 20.2 Å². The lowest BCUT2D eigenvalue weighted by Gasteiger charge is -2.07. The normalized spacial score (nSPS) is 22.7. The van der Waals surface area contributed by atoms with Gasteiger partial charge in [-0.1, -0.05) is 0 Å². The highest BCUT2D eigenvalue weighted by molar-refractivity contribution is 6.05. The van der Waals surface area contributed by atoms with E-state index in [4.69, 9.17) is 0 Å². The first kappa shape index (κ1) is 16.9. The number of urea groups is 2. The molecule has 2 aliphatic heterocycles. The monoisotopic (exact) mass is 340 g/mol. The molecule has 24 heavy (non-hydrogen) atoms. The second kappa shape index (κ2) is 7.21. The molecular formula is C12H12N4O8. The fraction of sp³-hybridized carbons (Fsp3) is 0.333. The molecule has 12 nitrogen and oxygen atoms in total. The Labute approximate surface area is 133 Å². The molecule has 6 amide bonds. The summed E-state index contributed by atoms with van der Waals surface area (Å²) in [6.07, 6.45) is 1.51. The summed E-state index contributed by atoms with van der Waals surface area (Å²) < 4.78 is 9.35. The Morgan fingerprint density at radius 3 is 1.46 bits per heavy atom. The fourth-order valence-electron chi connectivity index (χ4n) is 1.72. The maximum atomic E-state index is 11.4. The highest BCUT2D eigenvalue weighted by atomic mass is 16.5. The van der Waals surface area contributed by atoms with Crippen molar-refractivity contribution in [2.24, 2.45) is 0 Å². The zero-order valence-electron chi connectivity index (χ0n) is 12.0. The van der Waals surface area contributed by atoms with E-state index in [2.05, 4.69) is 20.1 Å². The molecule has 128 valence electrons. The number of hydrogen-bond acceptors (Lipinski definition) is 8. The van der Waals surface area contributed by atoms with Crippen molar-refractivity contribution in [2.45, 2.75) is 12.1 Å². The van der Waals surface area contributed by atoms with Crippen LogP contribution in [0.5, 0.6) is 0 Å². The molecule has 2 rings (SSSR count). The van der Waals surface area contributed by atoms with Crippen molar-refractivity contribution in [1.29, 1.82) is 0 Å². The number of carbonyl (C=O) groups excluding carboxylic acids is 6. The minimum Gasteiger partial charge on any atom is -0.460 e. The third-order valence-corrected chi connectivity index (χ3v) is 2.86. The summed E-state index contributed by atoms with van der Waals surface area (Å²) in [6.45, 7) is -0.797. The lowest BCUT2D eigenvalue weighted by atomic mass is 10.3. The average Bonchev–Trinajstić information content (AvgIpc) is 3.01. The van der Waals surface area contributed by atoms with E-state index in [-0.39, 0.29) is 0 Å². The van der Waals surface area contributed by atoms with Crippen molar-refractivity contribution in [3.63, 3.8) is 0 Å². The van der Waals surface area contributed by atoms with Crippen LogP contribution in [0.15, 0.2) is 12.2 Å². The van der Waals surface area contributed by atoms with E-state index in [1.165, 1.54) is 0 Å². The molecule has 2 saturated heterocycles. The Kier molecular flexibility index (Phi) is 5.09.